The molecule has 2 rings (SSSR count). The van der Waals surface area contributed by atoms with E-state index in [0.29, 0.717) is 12.5 Å². The van der Waals surface area contributed by atoms with Gasteiger partial charge in [-0.3, -0.25) is 0 Å². The summed E-state index contributed by atoms with van der Waals surface area (Å²) in [6, 6.07) is 8.11. The summed E-state index contributed by atoms with van der Waals surface area (Å²) in [7, 11) is 0. The van der Waals surface area contributed by atoms with Crippen molar-refractivity contribution in [2.45, 2.75) is 26.7 Å². The quantitative estimate of drug-likeness (QED) is 0.802. The van der Waals surface area contributed by atoms with Crippen LogP contribution < -0.4 is 4.74 Å². The molecule has 0 fully saturated rings. The molecule has 0 unspecified atom stereocenters. The minimum absolute atomic E-state index is 0.538. The minimum Gasteiger partial charge on any atom is -0.494 e. The van der Waals surface area contributed by atoms with Gasteiger partial charge in [-0.25, -0.2) is 4.98 Å². The Labute approximate surface area is 106 Å². The third-order valence-electron chi connectivity index (χ3n) is 2.48. The van der Waals surface area contributed by atoms with Gasteiger partial charge in [0.2, 0.25) is 0 Å². The van der Waals surface area contributed by atoms with Crippen LogP contribution in [0, 0.1) is 0 Å². The van der Waals surface area contributed by atoms with Crippen LogP contribution in [-0.2, 0) is 0 Å². The van der Waals surface area contributed by atoms with Gasteiger partial charge in [0.15, 0.2) is 0 Å². The molecule has 0 amide bonds. The van der Waals surface area contributed by atoms with Crippen molar-refractivity contribution in [2.24, 2.45) is 0 Å². The Balaban J connectivity index is 2.28. The van der Waals surface area contributed by atoms with Gasteiger partial charge >= 0.3 is 0 Å². The van der Waals surface area contributed by atoms with Crippen molar-refractivity contribution in [1.29, 1.82) is 0 Å². The molecule has 3 heteroatoms. The molecule has 1 aromatic carbocycles. The van der Waals surface area contributed by atoms with Gasteiger partial charge in [-0.05, 0) is 25.0 Å². The van der Waals surface area contributed by atoms with Crippen LogP contribution in [0.2, 0.25) is 0 Å². The predicted octanol–water partition coefficient (Wildman–Crippen LogP) is 4.33. The molecular weight excluding hydrogens is 230 g/mol. The van der Waals surface area contributed by atoms with Crippen molar-refractivity contribution in [2.75, 3.05) is 6.61 Å². The fraction of sp³-hybridized carbons (Fsp3) is 0.357. The number of hydrogen-bond acceptors (Lipinski definition) is 3. The van der Waals surface area contributed by atoms with Crippen LogP contribution in [0.3, 0.4) is 0 Å². The van der Waals surface area contributed by atoms with E-state index in [1.54, 1.807) is 11.3 Å². The molecular formula is C14H17NOS. The largest absolute Gasteiger partial charge is 0.494 e. The number of nitrogens with zero attached hydrogens (tertiary/aromatic N) is 1. The van der Waals surface area contributed by atoms with Crippen molar-refractivity contribution in [3.63, 3.8) is 0 Å². The van der Waals surface area contributed by atoms with E-state index in [1.165, 1.54) is 4.88 Å². The van der Waals surface area contributed by atoms with E-state index in [-0.39, 0.29) is 0 Å². The van der Waals surface area contributed by atoms with Gasteiger partial charge < -0.3 is 4.74 Å². The Morgan fingerprint density at radius 1 is 1.35 bits per heavy atom. The lowest BCUT2D eigenvalue weighted by Gasteiger charge is -2.03. The Hall–Kier alpha value is -1.35. The molecule has 2 nitrogen and oxygen atoms in total. The van der Waals surface area contributed by atoms with Gasteiger partial charge in [-0.1, -0.05) is 26.0 Å². The summed E-state index contributed by atoms with van der Waals surface area (Å²) >= 11 is 1.75. The van der Waals surface area contributed by atoms with Gasteiger partial charge in [0.25, 0.3) is 0 Å². The lowest BCUT2D eigenvalue weighted by molar-refractivity contribution is 0.340. The molecule has 17 heavy (non-hydrogen) atoms. The highest BCUT2D eigenvalue weighted by Crippen LogP contribution is 2.30. The average Bonchev–Trinajstić information content (AvgIpc) is 2.79. The summed E-state index contributed by atoms with van der Waals surface area (Å²) in [6.45, 7) is 7.06. The minimum atomic E-state index is 0.538. The van der Waals surface area contributed by atoms with E-state index >= 15 is 0 Å². The van der Waals surface area contributed by atoms with E-state index in [4.69, 9.17) is 4.74 Å². The SMILES string of the molecule is CCOc1cccc(-c2ncc(C(C)C)s2)c1. The molecule has 2 aromatic rings. The van der Waals surface area contributed by atoms with Crippen LogP contribution in [0.4, 0.5) is 0 Å². The molecule has 0 aliphatic rings. The molecule has 90 valence electrons. The highest BCUT2D eigenvalue weighted by atomic mass is 32.1. The molecule has 0 aliphatic heterocycles. The summed E-state index contributed by atoms with van der Waals surface area (Å²) in [5.74, 6) is 1.45. The summed E-state index contributed by atoms with van der Waals surface area (Å²) in [5, 5.41) is 1.07. The number of hydrogen-bond donors (Lipinski definition) is 0. The van der Waals surface area contributed by atoms with E-state index in [9.17, 15) is 0 Å². The van der Waals surface area contributed by atoms with Crippen molar-refractivity contribution in [1.82, 2.24) is 4.98 Å². The van der Waals surface area contributed by atoms with Crippen LogP contribution in [0.25, 0.3) is 10.6 Å². The molecule has 0 radical (unpaired) electrons. The zero-order valence-corrected chi connectivity index (χ0v) is 11.3. The summed E-state index contributed by atoms with van der Waals surface area (Å²) in [6.07, 6.45) is 1.97. The first-order valence-electron chi connectivity index (χ1n) is 5.89. The number of thiazole rings is 1. The van der Waals surface area contributed by atoms with Crippen molar-refractivity contribution in [3.05, 3.63) is 35.3 Å². The maximum absolute atomic E-state index is 5.50. The Morgan fingerprint density at radius 2 is 2.18 bits per heavy atom. The Bertz CT molecular complexity index is 490. The van der Waals surface area contributed by atoms with Crippen LogP contribution in [-0.4, -0.2) is 11.6 Å². The van der Waals surface area contributed by atoms with Crippen LogP contribution >= 0.6 is 11.3 Å². The summed E-state index contributed by atoms with van der Waals surface area (Å²) in [4.78, 5) is 5.79. The normalized spacial score (nSPS) is 10.8. The molecule has 1 aromatic heterocycles. The maximum Gasteiger partial charge on any atom is 0.123 e. The van der Waals surface area contributed by atoms with Gasteiger partial charge in [-0.15, -0.1) is 11.3 Å². The topological polar surface area (TPSA) is 22.1 Å². The van der Waals surface area contributed by atoms with Crippen LogP contribution in [0.1, 0.15) is 31.6 Å². The lowest BCUT2D eigenvalue weighted by atomic mass is 10.2. The summed E-state index contributed by atoms with van der Waals surface area (Å²) < 4.78 is 5.50. The van der Waals surface area contributed by atoms with Crippen molar-refractivity contribution < 1.29 is 4.74 Å². The fourth-order valence-electron chi connectivity index (χ4n) is 1.57. The number of ether oxygens (including phenoxy) is 1. The molecule has 0 bridgehead atoms. The molecule has 0 saturated carbocycles. The van der Waals surface area contributed by atoms with Crippen molar-refractivity contribution in [3.8, 4) is 16.3 Å². The van der Waals surface area contributed by atoms with E-state index < -0.39 is 0 Å². The van der Waals surface area contributed by atoms with Gasteiger partial charge in [-0.2, -0.15) is 0 Å². The number of rotatable bonds is 4. The van der Waals surface area contributed by atoms with Crippen LogP contribution in [0.15, 0.2) is 30.5 Å². The maximum atomic E-state index is 5.50. The second-order valence-electron chi connectivity index (χ2n) is 4.18. The second-order valence-corrected chi connectivity index (χ2v) is 5.25. The molecule has 1 heterocycles. The zero-order chi connectivity index (χ0) is 12.3. The first kappa shape index (κ1) is 12.1. The molecule has 0 N–H and O–H groups in total. The van der Waals surface area contributed by atoms with E-state index in [1.807, 2.05) is 31.3 Å². The number of benzene rings is 1. The molecule has 0 atom stereocenters. The third-order valence-corrected chi connectivity index (χ3v) is 3.83. The third kappa shape index (κ3) is 2.86. The molecule has 0 spiro atoms. The first-order chi connectivity index (χ1) is 8.20. The first-order valence-corrected chi connectivity index (χ1v) is 6.71. The fourth-order valence-corrected chi connectivity index (χ4v) is 2.49. The average molecular weight is 247 g/mol. The zero-order valence-electron chi connectivity index (χ0n) is 10.4. The lowest BCUT2D eigenvalue weighted by Crippen LogP contribution is -1.90. The molecule has 0 saturated heterocycles. The monoisotopic (exact) mass is 247 g/mol. The number of aromatic nitrogens is 1. The predicted molar refractivity (Wildman–Crippen MR) is 72.8 cm³/mol. The summed E-state index contributed by atoms with van der Waals surface area (Å²) in [5.41, 5.74) is 1.13. The Kier molecular flexibility index (Phi) is 3.79. The standard InChI is InChI=1S/C14H17NOS/c1-4-16-12-7-5-6-11(8-12)14-15-9-13(17-14)10(2)3/h5-10H,4H2,1-3H3. The highest BCUT2D eigenvalue weighted by molar-refractivity contribution is 7.15. The second kappa shape index (κ2) is 5.32. The van der Waals surface area contributed by atoms with Gasteiger partial charge in [0, 0.05) is 16.6 Å². The van der Waals surface area contributed by atoms with Gasteiger partial charge in [0.05, 0.1) is 6.61 Å². The highest BCUT2D eigenvalue weighted by Gasteiger charge is 2.08. The van der Waals surface area contributed by atoms with E-state index in [2.05, 4.69) is 24.9 Å². The van der Waals surface area contributed by atoms with Gasteiger partial charge in [0.1, 0.15) is 10.8 Å². The van der Waals surface area contributed by atoms with Crippen molar-refractivity contribution >= 4 is 11.3 Å². The smallest absolute Gasteiger partial charge is 0.123 e. The van der Waals surface area contributed by atoms with E-state index in [0.717, 1.165) is 16.3 Å². The Morgan fingerprint density at radius 3 is 2.82 bits per heavy atom. The van der Waals surface area contributed by atoms with Crippen LogP contribution in [0.5, 0.6) is 5.75 Å². The molecule has 0 aliphatic carbocycles.